The van der Waals surface area contributed by atoms with Gasteiger partial charge < -0.3 is 15.2 Å². The van der Waals surface area contributed by atoms with Gasteiger partial charge in [0.2, 0.25) is 0 Å². The summed E-state index contributed by atoms with van der Waals surface area (Å²) in [5.41, 5.74) is 5.30. The lowest BCUT2D eigenvalue weighted by molar-refractivity contribution is -0.0351. The predicted octanol–water partition coefficient (Wildman–Crippen LogP) is 2.27. The molecular formula is C11H23NO2S. The minimum Gasteiger partial charge on any atom is -0.393 e. The summed E-state index contributed by atoms with van der Waals surface area (Å²) in [6.45, 7) is 8.18. The third-order valence-electron chi connectivity index (χ3n) is 1.72. The van der Waals surface area contributed by atoms with Crippen LogP contribution in [0.15, 0.2) is 0 Å². The van der Waals surface area contributed by atoms with E-state index in [0.717, 1.165) is 25.9 Å². The SMILES string of the molecule is CC(C)(C)OCCOCCCCC(N)=S. The van der Waals surface area contributed by atoms with Gasteiger partial charge in [0.15, 0.2) is 0 Å². The van der Waals surface area contributed by atoms with Gasteiger partial charge in [0.25, 0.3) is 0 Å². The zero-order valence-corrected chi connectivity index (χ0v) is 10.9. The van der Waals surface area contributed by atoms with Crippen molar-refractivity contribution in [1.82, 2.24) is 0 Å². The zero-order valence-electron chi connectivity index (χ0n) is 10.0. The van der Waals surface area contributed by atoms with Crippen molar-refractivity contribution in [2.75, 3.05) is 19.8 Å². The molecule has 0 aromatic heterocycles. The largest absolute Gasteiger partial charge is 0.393 e. The maximum absolute atomic E-state index is 5.51. The molecule has 0 saturated carbocycles. The standard InChI is InChI=1S/C11H23NO2S/c1-11(2,3)14-9-8-13-7-5-4-6-10(12)15/h4-9H2,1-3H3,(H2,12,15). The van der Waals surface area contributed by atoms with E-state index in [1.165, 1.54) is 0 Å². The van der Waals surface area contributed by atoms with E-state index in [1.54, 1.807) is 0 Å². The van der Waals surface area contributed by atoms with E-state index in [0.29, 0.717) is 18.2 Å². The van der Waals surface area contributed by atoms with Gasteiger partial charge in [-0.05, 0) is 40.0 Å². The molecule has 0 atom stereocenters. The summed E-state index contributed by atoms with van der Waals surface area (Å²) in [4.78, 5) is 0.589. The second-order valence-corrected chi connectivity index (χ2v) is 5.02. The van der Waals surface area contributed by atoms with E-state index in [1.807, 2.05) is 20.8 Å². The van der Waals surface area contributed by atoms with Crippen LogP contribution in [0.3, 0.4) is 0 Å². The van der Waals surface area contributed by atoms with Gasteiger partial charge in [0, 0.05) is 6.61 Å². The maximum Gasteiger partial charge on any atom is 0.0727 e. The fraction of sp³-hybridized carbons (Fsp3) is 0.909. The van der Waals surface area contributed by atoms with Gasteiger partial charge in [0.05, 0.1) is 23.8 Å². The Labute approximate surface area is 98.3 Å². The van der Waals surface area contributed by atoms with Crippen molar-refractivity contribution in [3.8, 4) is 0 Å². The van der Waals surface area contributed by atoms with Crippen LogP contribution in [-0.2, 0) is 9.47 Å². The molecule has 0 fully saturated rings. The van der Waals surface area contributed by atoms with Gasteiger partial charge in [-0.1, -0.05) is 12.2 Å². The average molecular weight is 233 g/mol. The van der Waals surface area contributed by atoms with Crippen LogP contribution in [0.5, 0.6) is 0 Å². The van der Waals surface area contributed by atoms with E-state index in [-0.39, 0.29) is 5.60 Å². The number of unbranched alkanes of at least 4 members (excludes halogenated alkanes) is 1. The lowest BCUT2D eigenvalue weighted by atomic mass is 10.2. The fourth-order valence-corrected chi connectivity index (χ4v) is 1.16. The van der Waals surface area contributed by atoms with Gasteiger partial charge in [-0.15, -0.1) is 0 Å². The Morgan fingerprint density at radius 1 is 1.13 bits per heavy atom. The van der Waals surface area contributed by atoms with Crippen LogP contribution < -0.4 is 5.73 Å². The van der Waals surface area contributed by atoms with Gasteiger partial charge in [-0.3, -0.25) is 0 Å². The van der Waals surface area contributed by atoms with E-state index in [2.05, 4.69) is 0 Å². The van der Waals surface area contributed by atoms with E-state index < -0.39 is 0 Å². The number of nitrogens with two attached hydrogens (primary N) is 1. The van der Waals surface area contributed by atoms with E-state index in [4.69, 9.17) is 27.4 Å². The minimum absolute atomic E-state index is 0.0743. The second kappa shape index (κ2) is 8.02. The van der Waals surface area contributed by atoms with Crippen LogP contribution >= 0.6 is 12.2 Å². The van der Waals surface area contributed by atoms with E-state index in [9.17, 15) is 0 Å². The number of ether oxygens (including phenoxy) is 2. The Kier molecular flexibility index (Phi) is 7.92. The molecule has 90 valence electrons. The first kappa shape index (κ1) is 14.8. The van der Waals surface area contributed by atoms with Crippen LogP contribution in [0.2, 0.25) is 0 Å². The highest BCUT2D eigenvalue weighted by Crippen LogP contribution is 2.05. The zero-order chi connectivity index (χ0) is 11.7. The number of hydrogen-bond acceptors (Lipinski definition) is 3. The molecule has 0 bridgehead atoms. The number of thiocarbonyl (C=S) groups is 1. The van der Waals surface area contributed by atoms with Crippen molar-refractivity contribution in [3.63, 3.8) is 0 Å². The highest BCUT2D eigenvalue weighted by Gasteiger charge is 2.08. The lowest BCUT2D eigenvalue weighted by Crippen LogP contribution is -2.21. The molecule has 0 spiro atoms. The summed E-state index contributed by atoms with van der Waals surface area (Å²) in [5.74, 6) is 0. The Hall–Kier alpha value is -0.190. The molecule has 0 rings (SSSR count). The summed E-state index contributed by atoms with van der Waals surface area (Å²) < 4.78 is 10.9. The molecule has 0 saturated heterocycles. The molecule has 4 heteroatoms. The summed E-state index contributed by atoms with van der Waals surface area (Å²) >= 11 is 4.77. The lowest BCUT2D eigenvalue weighted by Gasteiger charge is -2.19. The van der Waals surface area contributed by atoms with Crippen molar-refractivity contribution in [2.45, 2.75) is 45.6 Å². The van der Waals surface area contributed by atoms with Gasteiger partial charge >= 0.3 is 0 Å². The quantitative estimate of drug-likeness (QED) is 0.516. The molecular weight excluding hydrogens is 210 g/mol. The molecule has 3 nitrogen and oxygen atoms in total. The Morgan fingerprint density at radius 3 is 2.33 bits per heavy atom. The fourth-order valence-electron chi connectivity index (χ4n) is 1.01. The highest BCUT2D eigenvalue weighted by atomic mass is 32.1. The van der Waals surface area contributed by atoms with Gasteiger partial charge in [-0.25, -0.2) is 0 Å². The van der Waals surface area contributed by atoms with Crippen LogP contribution in [-0.4, -0.2) is 30.4 Å². The van der Waals surface area contributed by atoms with Crippen LogP contribution in [0.1, 0.15) is 40.0 Å². The average Bonchev–Trinajstić information content (AvgIpc) is 2.07. The first-order valence-electron chi connectivity index (χ1n) is 5.42. The number of rotatable bonds is 8. The third kappa shape index (κ3) is 13.8. The summed E-state index contributed by atoms with van der Waals surface area (Å²) in [6.07, 6.45) is 2.83. The van der Waals surface area contributed by atoms with Crippen molar-refractivity contribution in [1.29, 1.82) is 0 Å². The molecule has 0 aromatic rings. The molecule has 0 aliphatic rings. The molecule has 0 radical (unpaired) electrons. The monoisotopic (exact) mass is 233 g/mol. The Bertz CT molecular complexity index is 178. The molecule has 0 amide bonds. The summed E-state index contributed by atoms with van der Waals surface area (Å²) in [7, 11) is 0. The summed E-state index contributed by atoms with van der Waals surface area (Å²) in [5, 5.41) is 0. The van der Waals surface area contributed by atoms with Crippen molar-refractivity contribution < 1.29 is 9.47 Å². The van der Waals surface area contributed by atoms with Crippen molar-refractivity contribution >= 4 is 17.2 Å². The van der Waals surface area contributed by atoms with Crippen molar-refractivity contribution in [2.24, 2.45) is 5.73 Å². The minimum atomic E-state index is -0.0743. The van der Waals surface area contributed by atoms with Crippen LogP contribution in [0, 0.1) is 0 Å². The normalized spacial score (nSPS) is 11.7. The topological polar surface area (TPSA) is 44.5 Å². The predicted molar refractivity (Wildman–Crippen MR) is 67.2 cm³/mol. The van der Waals surface area contributed by atoms with Crippen LogP contribution in [0.4, 0.5) is 0 Å². The first-order valence-corrected chi connectivity index (χ1v) is 5.82. The molecule has 0 aliphatic carbocycles. The van der Waals surface area contributed by atoms with Crippen molar-refractivity contribution in [3.05, 3.63) is 0 Å². The first-order chi connectivity index (χ1) is 6.92. The molecule has 2 N–H and O–H groups in total. The molecule has 15 heavy (non-hydrogen) atoms. The molecule has 0 aromatic carbocycles. The molecule has 0 heterocycles. The molecule has 0 aliphatic heterocycles. The smallest absolute Gasteiger partial charge is 0.0727 e. The summed E-state index contributed by atoms with van der Waals surface area (Å²) in [6, 6.07) is 0. The third-order valence-corrected chi connectivity index (χ3v) is 1.93. The van der Waals surface area contributed by atoms with Crippen LogP contribution in [0.25, 0.3) is 0 Å². The van der Waals surface area contributed by atoms with E-state index >= 15 is 0 Å². The Morgan fingerprint density at radius 2 is 1.80 bits per heavy atom. The van der Waals surface area contributed by atoms with Gasteiger partial charge in [-0.2, -0.15) is 0 Å². The maximum atomic E-state index is 5.51. The van der Waals surface area contributed by atoms with Gasteiger partial charge in [0.1, 0.15) is 0 Å². The highest BCUT2D eigenvalue weighted by molar-refractivity contribution is 7.80. The second-order valence-electron chi connectivity index (χ2n) is 4.50. The Balaban J connectivity index is 3.09. The molecule has 0 unspecified atom stereocenters. The number of hydrogen-bond donors (Lipinski definition) is 1.